The van der Waals surface area contributed by atoms with E-state index in [-0.39, 0.29) is 24.6 Å². The van der Waals surface area contributed by atoms with Gasteiger partial charge in [-0.05, 0) is 18.1 Å². The van der Waals surface area contributed by atoms with Gasteiger partial charge in [0.2, 0.25) is 0 Å². The number of nitrogens with zero attached hydrogens (tertiary/aromatic N) is 3. The number of rotatable bonds is 14. The maximum absolute atomic E-state index is 12.1. The quantitative estimate of drug-likeness (QED) is 0.0799. The number of nitrogen functional groups attached to an aromatic ring is 1. The second kappa shape index (κ2) is 13.6. The molecule has 0 radical (unpaired) electrons. The molecule has 0 amide bonds. The number of fused-ring (bicyclic) bond motifs is 1. The van der Waals surface area contributed by atoms with Crippen molar-refractivity contribution >= 4 is 45.9 Å². The minimum absolute atomic E-state index is 0.0426. The number of aromatic nitrogens is 2. The average Bonchev–Trinajstić information content (AvgIpc) is 3.46. The number of hydrogen-bond donors (Lipinski definition) is 6. The number of aliphatic hydroxyl groups is 1. The Kier molecular flexibility index (Phi) is 10.7. The Morgan fingerprint density at radius 2 is 1.82 bits per heavy atom. The van der Waals surface area contributed by atoms with Crippen molar-refractivity contribution in [3.63, 3.8) is 0 Å². The monoisotopic (exact) mass is 696 g/mol. The van der Waals surface area contributed by atoms with Gasteiger partial charge in [0.25, 0.3) is 5.69 Å². The first kappa shape index (κ1) is 35.3. The van der Waals surface area contributed by atoms with Crippen LogP contribution in [-0.2, 0) is 42.9 Å². The molecule has 7 N–H and O–H groups in total. The van der Waals surface area contributed by atoms with Gasteiger partial charge in [0.05, 0.1) is 35.9 Å². The zero-order chi connectivity index (χ0) is 33.3. The Hall–Kier alpha value is -2.60. The van der Waals surface area contributed by atoms with Gasteiger partial charge >= 0.3 is 23.5 Å². The van der Waals surface area contributed by atoms with Crippen LogP contribution in [0.15, 0.2) is 42.7 Å². The molecule has 0 saturated carbocycles. The van der Waals surface area contributed by atoms with E-state index < -0.39 is 59.5 Å². The van der Waals surface area contributed by atoms with Crippen LogP contribution in [0.2, 0.25) is 0 Å². The molecule has 0 aliphatic carbocycles. The van der Waals surface area contributed by atoms with E-state index in [1.54, 1.807) is 35.0 Å². The van der Waals surface area contributed by atoms with E-state index in [9.17, 15) is 38.7 Å². The van der Waals surface area contributed by atoms with Crippen LogP contribution in [-0.4, -0.2) is 58.0 Å². The van der Waals surface area contributed by atoms with Gasteiger partial charge in [-0.15, -0.1) is 0 Å². The van der Waals surface area contributed by atoms with Crippen molar-refractivity contribution in [3.05, 3.63) is 64.0 Å². The largest absolute Gasteiger partial charge is 0.490 e. The third-order valence-corrected chi connectivity index (χ3v) is 10.4. The molecule has 1 aliphatic rings. The summed E-state index contributed by atoms with van der Waals surface area (Å²) in [4.78, 5) is 51.9. The average molecular weight is 696 g/mol. The summed E-state index contributed by atoms with van der Waals surface area (Å²) in [6.45, 7) is 2.82. The number of para-hydroxylation sites is 1. The fourth-order valence-corrected chi connectivity index (χ4v) is 7.86. The highest BCUT2D eigenvalue weighted by molar-refractivity contribution is 7.66. The first-order valence-corrected chi connectivity index (χ1v) is 17.6. The second-order valence-corrected chi connectivity index (χ2v) is 14.7. The van der Waals surface area contributed by atoms with Gasteiger partial charge in [-0.3, -0.25) is 14.6 Å². The van der Waals surface area contributed by atoms with Crippen LogP contribution in [0.1, 0.15) is 43.7 Å². The fraction of sp³-hybridized carbons (Fsp3) is 0.435. The Bertz CT molecular complexity index is 1700. The first-order chi connectivity index (χ1) is 20.9. The van der Waals surface area contributed by atoms with E-state index in [4.69, 9.17) is 25.0 Å². The number of pyridine rings is 1. The SMILES string of the molecule is CC(C)C(OCc1cn([C@H]2C[C@@H](O)[C@@H](COP(=O)(O)OP(=O)(O)OP(=O)(O)O)O2)c2nccc(N)c12)c1ccccc1[N+](=O)[O-]. The zero-order valence-corrected chi connectivity index (χ0v) is 26.3. The molecule has 3 aromatic rings. The van der Waals surface area contributed by atoms with Crippen molar-refractivity contribution in [3.8, 4) is 0 Å². The molecule has 1 fully saturated rings. The normalized spacial score (nSPS) is 22.4. The molecule has 22 heteroatoms. The molecule has 19 nitrogen and oxygen atoms in total. The molecule has 1 aromatic carbocycles. The smallest absolute Gasteiger partial charge is 0.398 e. The highest BCUT2D eigenvalue weighted by atomic mass is 31.3. The van der Waals surface area contributed by atoms with Crippen LogP contribution in [0, 0.1) is 16.0 Å². The van der Waals surface area contributed by atoms with Crippen LogP contribution in [0.3, 0.4) is 0 Å². The predicted molar refractivity (Wildman–Crippen MR) is 154 cm³/mol. The molecule has 1 aliphatic heterocycles. The predicted octanol–water partition coefficient (Wildman–Crippen LogP) is 3.43. The van der Waals surface area contributed by atoms with Gasteiger partial charge in [-0.25, -0.2) is 18.7 Å². The summed E-state index contributed by atoms with van der Waals surface area (Å²) in [6, 6.07) is 7.82. The maximum atomic E-state index is 12.1. The Morgan fingerprint density at radius 3 is 2.47 bits per heavy atom. The van der Waals surface area contributed by atoms with Crippen LogP contribution in [0.4, 0.5) is 11.4 Å². The number of nitro groups is 1. The van der Waals surface area contributed by atoms with Gasteiger partial charge in [0, 0.05) is 41.5 Å². The standard InChI is InChI=1S/C23H31N4O15P3/c1-13(2)22(15-5-3-4-6-17(15)27(29)30)38-11-14-10-26(23-21(14)16(24)7-8-25-23)20-9-18(28)19(40-20)12-39-44(34,35)42-45(36,37)41-43(31,32)33/h3-8,10,13,18-20,22,28H,9,11-12H2,1-2H3,(H2,24,25)(H,34,35)(H,36,37)(H2,31,32,33)/t18-,19-,20-,22?/m1/s1. The number of nitro benzene ring substituents is 1. The van der Waals surface area contributed by atoms with E-state index in [0.29, 0.717) is 27.8 Å². The molecular weight excluding hydrogens is 665 g/mol. The lowest BCUT2D eigenvalue weighted by molar-refractivity contribution is -0.386. The maximum Gasteiger partial charge on any atom is 0.490 e. The summed E-state index contributed by atoms with van der Waals surface area (Å²) in [6.07, 6.45) is -1.15. The Balaban J connectivity index is 1.52. The van der Waals surface area contributed by atoms with E-state index >= 15 is 0 Å². The first-order valence-electron chi connectivity index (χ1n) is 13.1. The lowest BCUT2D eigenvalue weighted by Gasteiger charge is -2.22. The molecule has 2 aromatic heterocycles. The van der Waals surface area contributed by atoms with Gasteiger partial charge in [-0.1, -0.05) is 26.0 Å². The number of anilines is 1. The number of aliphatic hydroxyl groups excluding tert-OH is 1. The lowest BCUT2D eigenvalue weighted by atomic mass is 9.97. The molecule has 0 bridgehead atoms. The molecule has 3 heterocycles. The van der Waals surface area contributed by atoms with Gasteiger partial charge in [0.1, 0.15) is 18.0 Å². The van der Waals surface area contributed by atoms with Crippen molar-refractivity contribution in [1.29, 1.82) is 0 Å². The topological polar surface area (TPSA) is 285 Å². The van der Waals surface area contributed by atoms with E-state index in [0.717, 1.165) is 0 Å². The summed E-state index contributed by atoms with van der Waals surface area (Å²) >= 11 is 0. The van der Waals surface area contributed by atoms with Crippen LogP contribution in [0.5, 0.6) is 0 Å². The second-order valence-electron chi connectivity index (χ2n) is 10.3. The van der Waals surface area contributed by atoms with E-state index in [1.807, 2.05) is 13.8 Å². The Morgan fingerprint density at radius 1 is 1.13 bits per heavy atom. The minimum atomic E-state index is -5.72. The number of hydrogen-bond acceptors (Lipinski definition) is 13. The number of phosphoric acid groups is 3. The summed E-state index contributed by atoms with van der Waals surface area (Å²) < 4.78 is 60.0. The molecule has 1 saturated heterocycles. The molecule has 0 spiro atoms. The van der Waals surface area contributed by atoms with Crippen molar-refractivity contribution in [2.24, 2.45) is 5.92 Å². The number of ether oxygens (including phenoxy) is 2. The molecule has 4 rings (SSSR count). The van der Waals surface area contributed by atoms with Gasteiger partial charge in [0.15, 0.2) is 0 Å². The van der Waals surface area contributed by atoms with Crippen molar-refractivity contribution < 1.29 is 65.9 Å². The Labute approximate surface area is 255 Å². The molecule has 6 atom stereocenters. The number of phosphoric ester groups is 1. The summed E-state index contributed by atoms with van der Waals surface area (Å²) in [5.41, 5.74) is 7.80. The molecule has 248 valence electrons. The van der Waals surface area contributed by atoms with E-state index in [2.05, 4.69) is 18.1 Å². The summed E-state index contributed by atoms with van der Waals surface area (Å²) in [5.74, 6) is -0.154. The number of nitrogens with two attached hydrogens (primary N) is 1. The van der Waals surface area contributed by atoms with Crippen molar-refractivity contribution in [2.45, 2.75) is 51.4 Å². The highest BCUT2D eigenvalue weighted by Crippen LogP contribution is 2.66. The molecule has 3 unspecified atom stereocenters. The third-order valence-electron chi connectivity index (χ3n) is 6.62. The zero-order valence-electron chi connectivity index (χ0n) is 23.6. The minimum Gasteiger partial charge on any atom is -0.398 e. The van der Waals surface area contributed by atoms with Crippen LogP contribution >= 0.6 is 23.5 Å². The lowest BCUT2D eigenvalue weighted by Crippen LogP contribution is -2.26. The van der Waals surface area contributed by atoms with Crippen LogP contribution < -0.4 is 5.73 Å². The van der Waals surface area contributed by atoms with Crippen molar-refractivity contribution in [2.75, 3.05) is 12.3 Å². The molecule has 45 heavy (non-hydrogen) atoms. The van der Waals surface area contributed by atoms with Crippen molar-refractivity contribution in [1.82, 2.24) is 9.55 Å². The van der Waals surface area contributed by atoms with Gasteiger partial charge < -0.3 is 44.5 Å². The highest BCUT2D eigenvalue weighted by Gasteiger charge is 2.43. The fourth-order valence-electron chi connectivity index (χ4n) is 4.83. The summed E-state index contributed by atoms with van der Waals surface area (Å²) in [5, 5.41) is 22.7. The van der Waals surface area contributed by atoms with E-state index in [1.165, 1.54) is 12.3 Å². The molecular formula is C23H31N4O15P3. The van der Waals surface area contributed by atoms with Gasteiger partial charge in [-0.2, -0.15) is 8.62 Å². The van der Waals surface area contributed by atoms with Crippen LogP contribution in [0.25, 0.3) is 11.0 Å². The number of benzene rings is 1. The third kappa shape index (κ3) is 8.81. The summed E-state index contributed by atoms with van der Waals surface area (Å²) in [7, 11) is -16.7.